The largest absolute Gasteiger partial charge is 0.492 e. The van der Waals surface area contributed by atoms with E-state index in [4.69, 9.17) is 16.3 Å². The van der Waals surface area contributed by atoms with Gasteiger partial charge in [-0.15, -0.1) is 0 Å². The Morgan fingerprint density at radius 3 is 2.65 bits per heavy atom. The lowest BCUT2D eigenvalue weighted by Gasteiger charge is -2.07. The highest BCUT2D eigenvalue weighted by Gasteiger charge is 2.04. The van der Waals surface area contributed by atoms with Gasteiger partial charge in [0.05, 0.1) is 6.54 Å². The van der Waals surface area contributed by atoms with Crippen LogP contribution in [0.1, 0.15) is 6.92 Å². The summed E-state index contributed by atoms with van der Waals surface area (Å²) in [6.07, 6.45) is 2.79. The van der Waals surface area contributed by atoms with Gasteiger partial charge in [-0.2, -0.15) is 0 Å². The quantitative estimate of drug-likeness (QED) is 0.475. The molecule has 0 spiro atoms. The third-order valence-corrected chi connectivity index (χ3v) is 2.41. The van der Waals surface area contributed by atoms with Crippen LogP contribution in [0.2, 0.25) is 5.02 Å². The van der Waals surface area contributed by atoms with E-state index in [9.17, 15) is 9.59 Å². The molecule has 1 amide bonds. The topological polar surface area (TPSA) is 64.6 Å². The first kappa shape index (κ1) is 16.0. The Kier molecular flexibility index (Phi) is 7.21. The molecule has 5 nitrogen and oxygen atoms in total. The van der Waals surface area contributed by atoms with E-state index >= 15 is 0 Å². The van der Waals surface area contributed by atoms with Crippen LogP contribution in [0.3, 0.4) is 0 Å². The summed E-state index contributed by atoms with van der Waals surface area (Å²) in [6.45, 7) is 2.03. The molecule has 0 saturated heterocycles. The van der Waals surface area contributed by atoms with Crippen LogP contribution in [-0.2, 0) is 14.3 Å². The minimum Gasteiger partial charge on any atom is -0.492 e. The molecule has 6 heteroatoms. The van der Waals surface area contributed by atoms with Crippen molar-refractivity contribution >= 4 is 23.5 Å². The first-order valence-electron chi connectivity index (χ1n) is 6.06. The fourth-order valence-electron chi connectivity index (χ4n) is 1.26. The second kappa shape index (κ2) is 8.98. The molecule has 1 aromatic carbocycles. The zero-order chi connectivity index (χ0) is 14.8. The van der Waals surface area contributed by atoms with Gasteiger partial charge in [-0.1, -0.05) is 17.7 Å². The van der Waals surface area contributed by atoms with E-state index in [0.717, 1.165) is 0 Å². The van der Waals surface area contributed by atoms with E-state index < -0.39 is 5.97 Å². The summed E-state index contributed by atoms with van der Waals surface area (Å²) in [5.74, 6) is -0.245. The molecule has 0 radical (unpaired) electrons. The number of halogens is 1. The van der Waals surface area contributed by atoms with Crippen molar-refractivity contribution in [2.24, 2.45) is 0 Å². The molecule has 0 fully saturated rings. The maximum absolute atomic E-state index is 11.3. The zero-order valence-electron chi connectivity index (χ0n) is 11.1. The molecule has 0 aliphatic heterocycles. The van der Waals surface area contributed by atoms with Crippen LogP contribution in [0.25, 0.3) is 0 Å². The first-order chi connectivity index (χ1) is 9.61. The summed E-state index contributed by atoms with van der Waals surface area (Å²) in [6, 6.07) is 6.92. The van der Waals surface area contributed by atoms with Gasteiger partial charge < -0.3 is 14.8 Å². The Bertz CT molecular complexity index is 471. The van der Waals surface area contributed by atoms with Gasteiger partial charge in [-0.05, 0) is 31.2 Å². The normalized spacial score (nSPS) is 10.3. The Morgan fingerprint density at radius 2 is 2.00 bits per heavy atom. The molecule has 0 aliphatic carbocycles. The first-order valence-corrected chi connectivity index (χ1v) is 6.44. The molecule has 0 aliphatic rings. The molecule has 0 heterocycles. The molecule has 0 aromatic heterocycles. The van der Waals surface area contributed by atoms with Crippen molar-refractivity contribution in [2.45, 2.75) is 6.92 Å². The highest BCUT2D eigenvalue weighted by molar-refractivity contribution is 6.30. The minimum atomic E-state index is -0.542. The Labute approximate surface area is 122 Å². The molecule has 1 aromatic rings. The standard InChI is InChI=1S/C14H16ClNO4/c1-2-3-14(18)20-10-13(17)16-8-9-19-12-6-4-11(15)5-7-12/h2-7H,8-10H2,1H3,(H,16,17)/b3-2+. The van der Waals surface area contributed by atoms with Crippen molar-refractivity contribution in [3.05, 3.63) is 41.4 Å². The summed E-state index contributed by atoms with van der Waals surface area (Å²) >= 11 is 5.74. The van der Waals surface area contributed by atoms with Crippen LogP contribution >= 0.6 is 11.6 Å². The van der Waals surface area contributed by atoms with Crippen LogP contribution in [0, 0.1) is 0 Å². The fourth-order valence-corrected chi connectivity index (χ4v) is 1.39. The van der Waals surface area contributed by atoms with E-state index in [1.165, 1.54) is 6.08 Å². The van der Waals surface area contributed by atoms with Crippen molar-refractivity contribution in [1.29, 1.82) is 0 Å². The van der Waals surface area contributed by atoms with Crippen LogP contribution in [0.4, 0.5) is 0 Å². The van der Waals surface area contributed by atoms with E-state index in [2.05, 4.69) is 10.1 Å². The molecular formula is C14H16ClNO4. The lowest BCUT2D eigenvalue weighted by molar-refractivity contribution is -0.143. The number of rotatable bonds is 7. The number of nitrogens with one attached hydrogen (secondary N) is 1. The number of hydrogen-bond acceptors (Lipinski definition) is 4. The Morgan fingerprint density at radius 1 is 1.30 bits per heavy atom. The van der Waals surface area contributed by atoms with Crippen LogP contribution in [0.5, 0.6) is 5.75 Å². The maximum Gasteiger partial charge on any atom is 0.330 e. The van der Waals surface area contributed by atoms with Gasteiger partial charge in [-0.25, -0.2) is 4.79 Å². The third kappa shape index (κ3) is 6.80. The van der Waals surface area contributed by atoms with Crippen molar-refractivity contribution < 1.29 is 19.1 Å². The summed E-state index contributed by atoms with van der Waals surface area (Å²) in [5, 5.41) is 3.20. The molecule has 1 rings (SSSR count). The molecule has 108 valence electrons. The number of carbonyl (C=O) groups is 2. The number of ether oxygens (including phenoxy) is 2. The number of allylic oxidation sites excluding steroid dienone is 1. The molecule has 0 unspecified atom stereocenters. The second-order valence-electron chi connectivity index (χ2n) is 3.76. The molecular weight excluding hydrogens is 282 g/mol. The predicted molar refractivity (Wildman–Crippen MR) is 75.7 cm³/mol. The number of benzene rings is 1. The summed E-state index contributed by atoms with van der Waals surface area (Å²) in [5.41, 5.74) is 0. The van der Waals surface area contributed by atoms with E-state index in [0.29, 0.717) is 23.9 Å². The fraction of sp³-hybridized carbons (Fsp3) is 0.286. The summed E-state index contributed by atoms with van der Waals surface area (Å²) in [7, 11) is 0. The van der Waals surface area contributed by atoms with Gasteiger partial charge in [0, 0.05) is 11.1 Å². The minimum absolute atomic E-state index is 0.301. The number of carbonyl (C=O) groups excluding carboxylic acids is 2. The monoisotopic (exact) mass is 297 g/mol. The maximum atomic E-state index is 11.3. The summed E-state index contributed by atoms with van der Waals surface area (Å²) in [4.78, 5) is 22.3. The Hall–Kier alpha value is -2.01. The van der Waals surface area contributed by atoms with Gasteiger partial charge in [0.25, 0.3) is 5.91 Å². The predicted octanol–water partition coefficient (Wildman–Crippen LogP) is 1.95. The molecule has 0 atom stereocenters. The van der Waals surface area contributed by atoms with Crippen molar-refractivity contribution in [1.82, 2.24) is 5.32 Å². The van der Waals surface area contributed by atoms with E-state index in [1.54, 1.807) is 37.3 Å². The van der Waals surface area contributed by atoms with Gasteiger partial charge in [0.2, 0.25) is 0 Å². The highest BCUT2D eigenvalue weighted by atomic mass is 35.5. The molecule has 0 bridgehead atoms. The zero-order valence-corrected chi connectivity index (χ0v) is 11.9. The highest BCUT2D eigenvalue weighted by Crippen LogP contribution is 2.14. The lowest BCUT2D eigenvalue weighted by atomic mass is 10.3. The van der Waals surface area contributed by atoms with Gasteiger partial charge in [-0.3, -0.25) is 4.79 Å². The van der Waals surface area contributed by atoms with Gasteiger partial charge in [0.1, 0.15) is 12.4 Å². The Balaban J connectivity index is 2.13. The number of hydrogen-bond donors (Lipinski definition) is 1. The average Bonchev–Trinajstić information content (AvgIpc) is 2.43. The van der Waals surface area contributed by atoms with Crippen molar-refractivity contribution in [3.8, 4) is 5.75 Å². The van der Waals surface area contributed by atoms with Gasteiger partial charge >= 0.3 is 5.97 Å². The number of amides is 1. The van der Waals surface area contributed by atoms with Crippen LogP contribution < -0.4 is 10.1 Å². The molecule has 1 N–H and O–H groups in total. The van der Waals surface area contributed by atoms with Crippen molar-refractivity contribution in [3.63, 3.8) is 0 Å². The van der Waals surface area contributed by atoms with Crippen molar-refractivity contribution in [2.75, 3.05) is 19.8 Å². The third-order valence-electron chi connectivity index (χ3n) is 2.15. The molecule has 20 heavy (non-hydrogen) atoms. The smallest absolute Gasteiger partial charge is 0.330 e. The van der Waals surface area contributed by atoms with Crippen LogP contribution in [0.15, 0.2) is 36.4 Å². The second-order valence-corrected chi connectivity index (χ2v) is 4.20. The average molecular weight is 298 g/mol. The summed E-state index contributed by atoms with van der Waals surface area (Å²) < 4.78 is 10.1. The lowest BCUT2D eigenvalue weighted by Crippen LogP contribution is -2.31. The van der Waals surface area contributed by atoms with E-state index in [1.807, 2.05) is 0 Å². The van der Waals surface area contributed by atoms with Gasteiger partial charge in [0.15, 0.2) is 6.61 Å². The molecule has 0 saturated carbocycles. The van der Waals surface area contributed by atoms with Crippen LogP contribution in [-0.4, -0.2) is 31.6 Å². The SMILES string of the molecule is C/C=C/C(=O)OCC(=O)NCCOc1ccc(Cl)cc1. The van der Waals surface area contributed by atoms with E-state index in [-0.39, 0.29) is 12.5 Å². The number of esters is 1.